The molecule has 86 valence electrons. The quantitative estimate of drug-likeness (QED) is 0.908. The zero-order chi connectivity index (χ0) is 11.5. The van der Waals surface area contributed by atoms with Crippen molar-refractivity contribution >= 4 is 26.8 Å². The number of rotatable bonds is 4. The van der Waals surface area contributed by atoms with Gasteiger partial charge in [-0.05, 0) is 18.2 Å². The second kappa shape index (κ2) is 5.02. The van der Waals surface area contributed by atoms with Gasteiger partial charge in [-0.2, -0.15) is 0 Å². The van der Waals surface area contributed by atoms with Gasteiger partial charge < -0.3 is 9.88 Å². The van der Waals surface area contributed by atoms with Crippen molar-refractivity contribution in [1.29, 1.82) is 0 Å². The predicted octanol–water partition coefficient (Wildman–Crippen LogP) is 3.40. The summed E-state index contributed by atoms with van der Waals surface area (Å²) in [5.74, 6) is 0. The van der Waals surface area contributed by atoms with Crippen LogP contribution >= 0.6 is 15.9 Å². The molecule has 0 aliphatic heterocycles. The summed E-state index contributed by atoms with van der Waals surface area (Å²) < 4.78 is 3.45. The number of hydrogen-bond donors (Lipinski definition) is 1. The maximum absolute atomic E-state index is 3.57. The average Bonchev–Trinajstić information content (AvgIpc) is 2.63. The van der Waals surface area contributed by atoms with E-state index in [4.69, 9.17) is 0 Å². The van der Waals surface area contributed by atoms with Crippen LogP contribution in [-0.2, 0) is 6.54 Å². The lowest BCUT2D eigenvalue weighted by Crippen LogP contribution is -2.26. The van der Waals surface area contributed by atoms with Crippen LogP contribution < -0.4 is 5.32 Å². The third-order valence-electron chi connectivity index (χ3n) is 2.67. The fourth-order valence-corrected chi connectivity index (χ4v) is 2.34. The normalized spacial score (nSPS) is 11.5. The molecule has 0 unspecified atom stereocenters. The van der Waals surface area contributed by atoms with Crippen molar-refractivity contribution < 1.29 is 0 Å². The molecule has 1 aromatic heterocycles. The first-order chi connectivity index (χ1) is 7.68. The molecule has 0 saturated carbocycles. The lowest BCUT2D eigenvalue weighted by molar-refractivity contribution is 0.548. The van der Waals surface area contributed by atoms with Crippen LogP contribution in [0.2, 0.25) is 0 Å². The fourth-order valence-electron chi connectivity index (χ4n) is 1.85. The molecule has 0 saturated heterocycles. The van der Waals surface area contributed by atoms with E-state index in [1.807, 2.05) is 0 Å². The van der Waals surface area contributed by atoms with Gasteiger partial charge in [-0.25, -0.2) is 0 Å². The van der Waals surface area contributed by atoms with Crippen molar-refractivity contribution in [2.75, 3.05) is 6.54 Å². The van der Waals surface area contributed by atoms with E-state index in [-0.39, 0.29) is 0 Å². The third kappa shape index (κ3) is 2.47. The first-order valence-corrected chi connectivity index (χ1v) is 6.44. The molecule has 0 atom stereocenters. The highest BCUT2D eigenvalue weighted by Crippen LogP contribution is 2.24. The summed E-state index contributed by atoms with van der Waals surface area (Å²) in [6.07, 6.45) is 2.15. The van der Waals surface area contributed by atoms with Gasteiger partial charge in [0.15, 0.2) is 0 Å². The van der Waals surface area contributed by atoms with E-state index in [9.17, 15) is 0 Å². The van der Waals surface area contributed by atoms with Gasteiger partial charge in [-0.1, -0.05) is 35.8 Å². The zero-order valence-corrected chi connectivity index (χ0v) is 11.3. The van der Waals surface area contributed by atoms with Crippen LogP contribution in [0.15, 0.2) is 34.9 Å². The van der Waals surface area contributed by atoms with Crippen LogP contribution in [0.3, 0.4) is 0 Å². The van der Waals surface area contributed by atoms with Gasteiger partial charge in [-0.15, -0.1) is 0 Å². The topological polar surface area (TPSA) is 17.0 Å². The van der Waals surface area contributed by atoms with Crippen molar-refractivity contribution in [2.45, 2.75) is 26.4 Å². The molecular weight excluding hydrogens is 264 g/mol. The first-order valence-electron chi connectivity index (χ1n) is 5.65. The molecule has 1 heterocycles. The standard InChI is InChI=1S/C13H17BrN2/c1-10(2)15-7-9-16-8-6-11-12(14)4-3-5-13(11)16/h3-6,8,10,15H,7,9H2,1-2H3. The van der Waals surface area contributed by atoms with Crippen LogP contribution in [0, 0.1) is 0 Å². The summed E-state index contributed by atoms with van der Waals surface area (Å²) >= 11 is 3.57. The van der Waals surface area contributed by atoms with E-state index < -0.39 is 0 Å². The molecule has 2 nitrogen and oxygen atoms in total. The summed E-state index contributed by atoms with van der Waals surface area (Å²) in [5.41, 5.74) is 1.29. The molecule has 0 bridgehead atoms. The summed E-state index contributed by atoms with van der Waals surface area (Å²) in [7, 11) is 0. The molecule has 0 spiro atoms. The predicted molar refractivity (Wildman–Crippen MR) is 72.8 cm³/mol. The minimum absolute atomic E-state index is 0.550. The molecule has 0 fully saturated rings. The van der Waals surface area contributed by atoms with E-state index in [0.717, 1.165) is 13.1 Å². The Labute approximate surface area is 105 Å². The smallest absolute Gasteiger partial charge is 0.0492 e. The molecular formula is C13H17BrN2. The number of aromatic nitrogens is 1. The van der Waals surface area contributed by atoms with Crippen molar-refractivity contribution in [3.63, 3.8) is 0 Å². The second-order valence-electron chi connectivity index (χ2n) is 4.29. The average molecular weight is 281 g/mol. The number of halogens is 1. The summed E-state index contributed by atoms with van der Waals surface area (Å²) in [6.45, 7) is 6.36. The van der Waals surface area contributed by atoms with Crippen molar-refractivity contribution in [2.24, 2.45) is 0 Å². The monoisotopic (exact) mass is 280 g/mol. The number of nitrogens with one attached hydrogen (secondary N) is 1. The lowest BCUT2D eigenvalue weighted by Gasteiger charge is -2.09. The van der Waals surface area contributed by atoms with Gasteiger partial charge in [-0.3, -0.25) is 0 Å². The highest BCUT2D eigenvalue weighted by molar-refractivity contribution is 9.10. The Hall–Kier alpha value is -0.800. The Morgan fingerprint density at radius 1 is 1.31 bits per heavy atom. The summed E-state index contributed by atoms with van der Waals surface area (Å²) in [5, 5.41) is 4.71. The molecule has 0 aliphatic carbocycles. The molecule has 3 heteroatoms. The summed E-state index contributed by atoms with van der Waals surface area (Å²) in [6, 6.07) is 9.04. The fraction of sp³-hybridized carbons (Fsp3) is 0.385. The Bertz CT molecular complexity index is 474. The van der Waals surface area contributed by atoms with Gasteiger partial charge in [0.25, 0.3) is 0 Å². The van der Waals surface area contributed by atoms with E-state index in [0.29, 0.717) is 6.04 Å². The van der Waals surface area contributed by atoms with Crippen LogP contribution in [0.4, 0.5) is 0 Å². The lowest BCUT2D eigenvalue weighted by atomic mass is 10.2. The SMILES string of the molecule is CC(C)NCCn1ccc2c(Br)cccc21. The number of benzene rings is 1. The molecule has 0 amide bonds. The van der Waals surface area contributed by atoms with E-state index in [1.54, 1.807) is 0 Å². The minimum atomic E-state index is 0.550. The Balaban J connectivity index is 2.16. The molecule has 2 aromatic rings. The molecule has 1 aromatic carbocycles. The maximum atomic E-state index is 3.57. The maximum Gasteiger partial charge on any atom is 0.0492 e. The molecule has 0 radical (unpaired) electrons. The van der Waals surface area contributed by atoms with Crippen molar-refractivity contribution in [3.8, 4) is 0 Å². The summed E-state index contributed by atoms with van der Waals surface area (Å²) in [4.78, 5) is 0. The molecule has 16 heavy (non-hydrogen) atoms. The van der Waals surface area contributed by atoms with E-state index in [2.05, 4.69) is 70.1 Å². The number of hydrogen-bond acceptors (Lipinski definition) is 1. The second-order valence-corrected chi connectivity index (χ2v) is 5.14. The highest BCUT2D eigenvalue weighted by Gasteiger charge is 2.03. The minimum Gasteiger partial charge on any atom is -0.346 e. The Morgan fingerprint density at radius 3 is 2.88 bits per heavy atom. The Kier molecular flexibility index (Phi) is 3.66. The Morgan fingerprint density at radius 2 is 2.12 bits per heavy atom. The van der Waals surface area contributed by atoms with Crippen LogP contribution in [0.1, 0.15) is 13.8 Å². The highest BCUT2D eigenvalue weighted by atomic mass is 79.9. The van der Waals surface area contributed by atoms with Crippen LogP contribution in [0.25, 0.3) is 10.9 Å². The molecule has 0 aliphatic rings. The van der Waals surface area contributed by atoms with Crippen molar-refractivity contribution in [1.82, 2.24) is 9.88 Å². The van der Waals surface area contributed by atoms with Gasteiger partial charge in [0.05, 0.1) is 0 Å². The van der Waals surface area contributed by atoms with E-state index >= 15 is 0 Å². The zero-order valence-electron chi connectivity index (χ0n) is 9.70. The van der Waals surface area contributed by atoms with Gasteiger partial charge in [0.1, 0.15) is 0 Å². The van der Waals surface area contributed by atoms with E-state index in [1.165, 1.54) is 15.4 Å². The van der Waals surface area contributed by atoms with Crippen LogP contribution in [-0.4, -0.2) is 17.2 Å². The van der Waals surface area contributed by atoms with Gasteiger partial charge in [0.2, 0.25) is 0 Å². The van der Waals surface area contributed by atoms with Crippen molar-refractivity contribution in [3.05, 3.63) is 34.9 Å². The third-order valence-corrected chi connectivity index (χ3v) is 3.36. The molecule has 2 rings (SSSR count). The van der Waals surface area contributed by atoms with Gasteiger partial charge in [0, 0.05) is 40.7 Å². The first kappa shape index (κ1) is 11.7. The largest absolute Gasteiger partial charge is 0.346 e. The van der Waals surface area contributed by atoms with Crippen LogP contribution in [0.5, 0.6) is 0 Å². The number of nitrogens with zero attached hydrogens (tertiary/aromatic N) is 1. The molecule has 1 N–H and O–H groups in total. The number of fused-ring (bicyclic) bond motifs is 1. The van der Waals surface area contributed by atoms with Gasteiger partial charge >= 0.3 is 0 Å².